The highest BCUT2D eigenvalue weighted by atomic mass is 35.5. The van der Waals surface area contributed by atoms with E-state index in [-0.39, 0.29) is 12.6 Å². The first kappa shape index (κ1) is 14.2. The van der Waals surface area contributed by atoms with Gasteiger partial charge in [-0.2, -0.15) is 5.26 Å². The molecule has 20 heavy (non-hydrogen) atoms. The summed E-state index contributed by atoms with van der Waals surface area (Å²) in [5.41, 5.74) is 2.16. The molecule has 2 aromatic rings. The Bertz CT molecular complexity index is 587. The lowest BCUT2D eigenvalue weighted by molar-refractivity contribution is 0.368. The van der Waals surface area contributed by atoms with Crippen molar-refractivity contribution in [2.24, 2.45) is 0 Å². The van der Waals surface area contributed by atoms with Gasteiger partial charge in [0.15, 0.2) is 6.61 Å². The van der Waals surface area contributed by atoms with Crippen LogP contribution in [0.3, 0.4) is 0 Å². The second-order valence-electron chi connectivity index (χ2n) is 4.39. The topological polar surface area (TPSA) is 45.0 Å². The standard InChI is InChI=1S/C16H15ClN2O/c1-12(13-2-4-14(17)5-3-13)19-15-6-8-16(9-7-15)20-11-10-18/h2-9,12,19H,11H2,1H3. The summed E-state index contributed by atoms with van der Waals surface area (Å²) in [4.78, 5) is 0. The van der Waals surface area contributed by atoms with E-state index < -0.39 is 0 Å². The zero-order chi connectivity index (χ0) is 14.4. The van der Waals surface area contributed by atoms with E-state index in [1.54, 1.807) is 0 Å². The second kappa shape index (κ2) is 6.83. The minimum atomic E-state index is 0.0634. The lowest BCUT2D eigenvalue weighted by atomic mass is 10.1. The molecule has 2 rings (SSSR count). The van der Waals surface area contributed by atoms with E-state index in [0.717, 1.165) is 10.7 Å². The van der Waals surface area contributed by atoms with Gasteiger partial charge in [0.25, 0.3) is 0 Å². The maximum absolute atomic E-state index is 8.45. The zero-order valence-electron chi connectivity index (χ0n) is 11.1. The number of nitriles is 1. The molecule has 0 aliphatic carbocycles. The number of nitrogens with zero attached hydrogens (tertiary/aromatic N) is 1. The van der Waals surface area contributed by atoms with Crippen LogP contribution in [0.5, 0.6) is 5.75 Å². The monoisotopic (exact) mass is 286 g/mol. The van der Waals surface area contributed by atoms with Gasteiger partial charge in [0.2, 0.25) is 0 Å². The molecule has 4 heteroatoms. The van der Waals surface area contributed by atoms with Crippen LogP contribution in [0.2, 0.25) is 5.02 Å². The number of hydrogen-bond acceptors (Lipinski definition) is 3. The number of ether oxygens (including phenoxy) is 1. The van der Waals surface area contributed by atoms with Crippen LogP contribution in [-0.2, 0) is 0 Å². The minimum Gasteiger partial charge on any atom is -0.479 e. The molecule has 0 heterocycles. The van der Waals surface area contributed by atoms with E-state index in [1.165, 1.54) is 5.56 Å². The molecule has 0 aromatic heterocycles. The molecule has 102 valence electrons. The number of halogens is 1. The van der Waals surface area contributed by atoms with E-state index in [0.29, 0.717) is 5.75 Å². The highest BCUT2D eigenvalue weighted by Crippen LogP contribution is 2.22. The molecule has 0 aliphatic heterocycles. The van der Waals surface area contributed by atoms with Gasteiger partial charge < -0.3 is 10.1 Å². The molecule has 1 N–H and O–H groups in total. The van der Waals surface area contributed by atoms with Gasteiger partial charge in [-0.05, 0) is 48.9 Å². The van der Waals surface area contributed by atoms with Crippen molar-refractivity contribution in [1.29, 1.82) is 5.26 Å². The van der Waals surface area contributed by atoms with Crippen LogP contribution in [0.15, 0.2) is 48.5 Å². The third-order valence-electron chi connectivity index (χ3n) is 2.91. The predicted octanol–water partition coefficient (Wildman–Crippen LogP) is 4.42. The molecule has 0 radical (unpaired) electrons. The van der Waals surface area contributed by atoms with E-state index >= 15 is 0 Å². The SMILES string of the molecule is CC(Nc1ccc(OCC#N)cc1)c1ccc(Cl)cc1. The molecule has 0 fully saturated rings. The van der Waals surface area contributed by atoms with Crippen LogP contribution in [0.25, 0.3) is 0 Å². The van der Waals surface area contributed by atoms with Crippen LogP contribution in [0.1, 0.15) is 18.5 Å². The number of benzene rings is 2. The Hall–Kier alpha value is -2.18. The summed E-state index contributed by atoms with van der Waals surface area (Å²) in [7, 11) is 0. The van der Waals surface area contributed by atoms with Crippen molar-refractivity contribution < 1.29 is 4.74 Å². The largest absolute Gasteiger partial charge is 0.479 e. The average molecular weight is 287 g/mol. The Morgan fingerprint density at radius 1 is 1.15 bits per heavy atom. The lowest BCUT2D eigenvalue weighted by Gasteiger charge is -2.16. The Kier molecular flexibility index (Phi) is 4.86. The normalized spacial score (nSPS) is 11.4. The maximum atomic E-state index is 8.45. The summed E-state index contributed by atoms with van der Waals surface area (Å²) in [6.45, 7) is 2.15. The maximum Gasteiger partial charge on any atom is 0.174 e. The van der Waals surface area contributed by atoms with Crippen molar-refractivity contribution in [3.63, 3.8) is 0 Å². The highest BCUT2D eigenvalue weighted by molar-refractivity contribution is 6.30. The van der Waals surface area contributed by atoms with Crippen LogP contribution in [-0.4, -0.2) is 6.61 Å². The fourth-order valence-electron chi connectivity index (χ4n) is 1.85. The summed E-state index contributed by atoms with van der Waals surface area (Å²) >= 11 is 5.88. The Balaban J connectivity index is 1.99. The van der Waals surface area contributed by atoms with Gasteiger partial charge in [0.05, 0.1) is 0 Å². The predicted molar refractivity (Wildman–Crippen MR) is 81.0 cm³/mol. The average Bonchev–Trinajstić information content (AvgIpc) is 2.47. The van der Waals surface area contributed by atoms with Crippen LogP contribution in [0.4, 0.5) is 5.69 Å². The van der Waals surface area contributed by atoms with Gasteiger partial charge in [-0.15, -0.1) is 0 Å². The van der Waals surface area contributed by atoms with Gasteiger partial charge >= 0.3 is 0 Å². The summed E-state index contributed by atoms with van der Waals surface area (Å²) in [5, 5.41) is 12.6. The first-order chi connectivity index (χ1) is 9.69. The molecule has 0 bridgehead atoms. The first-order valence-corrected chi connectivity index (χ1v) is 6.68. The molecule has 0 spiro atoms. The van der Waals surface area contributed by atoms with Crippen molar-refractivity contribution in [2.45, 2.75) is 13.0 Å². The molecule has 0 saturated carbocycles. The van der Waals surface area contributed by atoms with Gasteiger partial charge in [0.1, 0.15) is 11.8 Å². The molecule has 1 unspecified atom stereocenters. The van der Waals surface area contributed by atoms with Crippen molar-refractivity contribution in [3.05, 3.63) is 59.1 Å². The molecular formula is C16H15ClN2O. The summed E-state index contributed by atoms with van der Waals surface area (Å²) in [6.07, 6.45) is 0. The Morgan fingerprint density at radius 3 is 2.40 bits per heavy atom. The van der Waals surface area contributed by atoms with Crippen LogP contribution in [0, 0.1) is 11.3 Å². The van der Waals surface area contributed by atoms with Gasteiger partial charge in [-0.1, -0.05) is 23.7 Å². The second-order valence-corrected chi connectivity index (χ2v) is 4.83. The fourth-order valence-corrected chi connectivity index (χ4v) is 1.97. The molecular weight excluding hydrogens is 272 g/mol. The summed E-state index contributed by atoms with van der Waals surface area (Å²) < 4.78 is 5.21. The van der Waals surface area contributed by atoms with Gasteiger partial charge in [-0.3, -0.25) is 0 Å². The number of hydrogen-bond donors (Lipinski definition) is 1. The Morgan fingerprint density at radius 2 is 1.80 bits per heavy atom. The van der Waals surface area contributed by atoms with E-state index in [1.807, 2.05) is 54.6 Å². The molecule has 0 amide bonds. The molecule has 3 nitrogen and oxygen atoms in total. The van der Waals surface area contributed by atoms with E-state index in [9.17, 15) is 0 Å². The summed E-state index contributed by atoms with van der Waals surface area (Å²) in [5.74, 6) is 0.691. The number of rotatable bonds is 5. The van der Waals surface area contributed by atoms with E-state index in [4.69, 9.17) is 21.6 Å². The third kappa shape index (κ3) is 3.91. The fraction of sp³-hybridized carbons (Fsp3) is 0.188. The quantitative estimate of drug-likeness (QED) is 0.885. The smallest absolute Gasteiger partial charge is 0.174 e. The molecule has 0 saturated heterocycles. The molecule has 0 aliphatic rings. The van der Waals surface area contributed by atoms with Crippen molar-refractivity contribution in [3.8, 4) is 11.8 Å². The lowest BCUT2D eigenvalue weighted by Crippen LogP contribution is -2.06. The van der Waals surface area contributed by atoms with Crippen LogP contribution >= 0.6 is 11.6 Å². The minimum absolute atomic E-state index is 0.0634. The number of anilines is 1. The number of nitrogens with one attached hydrogen (secondary N) is 1. The van der Waals surface area contributed by atoms with Crippen LogP contribution < -0.4 is 10.1 Å². The third-order valence-corrected chi connectivity index (χ3v) is 3.16. The molecule has 2 aromatic carbocycles. The van der Waals surface area contributed by atoms with Gasteiger partial charge in [0, 0.05) is 16.8 Å². The molecule has 1 atom stereocenters. The Labute approximate surface area is 123 Å². The van der Waals surface area contributed by atoms with Crippen molar-refractivity contribution in [2.75, 3.05) is 11.9 Å². The van der Waals surface area contributed by atoms with Gasteiger partial charge in [-0.25, -0.2) is 0 Å². The zero-order valence-corrected chi connectivity index (χ0v) is 11.9. The first-order valence-electron chi connectivity index (χ1n) is 6.31. The van der Waals surface area contributed by atoms with Crippen molar-refractivity contribution in [1.82, 2.24) is 0 Å². The highest BCUT2D eigenvalue weighted by Gasteiger charge is 2.05. The van der Waals surface area contributed by atoms with Crippen molar-refractivity contribution >= 4 is 17.3 Å². The summed E-state index contributed by atoms with van der Waals surface area (Å²) in [6, 6.07) is 17.4. The van der Waals surface area contributed by atoms with E-state index in [2.05, 4.69) is 12.2 Å².